The number of piperidine rings is 1. The first-order chi connectivity index (χ1) is 11.3. The minimum Gasteiger partial charge on any atom is -0.480 e. The van der Waals surface area contributed by atoms with E-state index in [4.69, 9.17) is 33.0 Å². The minimum atomic E-state index is -3.69. The van der Waals surface area contributed by atoms with Crippen LogP contribution in [0.5, 0.6) is 0 Å². The topological polar surface area (TPSA) is 83.9 Å². The highest BCUT2D eigenvalue weighted by Crippen LogP contribution is 2.30. The predicted molar refractivity (Wildman–Crippen MR) is 91.1 cm³/mol. The average Bonchev–Trinajstić information content (AvgIpc) is 2.54. The second kappa shape index (κ2) is 8.49. The smallest absolute Gasteiger partial charge is 0.329 e. The molecule has 1 N–H and O–H groups in total. The van der Waals surface area contributed by atoms with Gasteiger partial charge in [-0.3, -0.25) is 0 Å². The highest BCUT2D eigenvalue weighted by atomic mass is 35.5. The quantitative estimate of drug-likeness (QED) is 0.717. The Bertz CT molecular complexity index is 695. The van der Waals surface area contributed by atoms with Gasteiger partial charge in [0.1, 0.15) is 6.61 Å². The Balaban J connectivity index is 2.12. The van der Waals surface area contributed by atoms with Crippen LogP contribution in [0.15, 0.2) is 23.1 Å². The molecule has 1 aliphatic heterocycles. The van der Waals surface area contributed by atoms with Crippen molar-refractivity contribution in [3.8, 4) is 0 Å². The number of carbonyl (C=O) groups is 1. The van der Waals surface area contributed by atoms with Gasteiger partial charge in [0.2, 0.25) is 10.0 Å². The van der Waals surface area contributed by atoms with Crippen LogP contribution in [-0.2, 0) is 19.6 Å². The van der Waals surface area contributed by atoms with Gasteiger partial charge in [-0.25, -0.2) is 13.2 Å². The Labute approximate surface area is 151 Å². The maximum absolute atomic E-state index is 12.9. The Morgan fingerprint density at radius 2 is 2.04 bits per heavy atom. The van der Waals surface area contributed by atoms with E-state index in [-0.39, 0.29) is 29.2 Å². The molecule has 1 unspecified atom stereocenters. The molecule has 0 spiro atoms. The number of carboxylic acids is 1. The molecule has 1 aromatic carbocycles. The molecule has 1 aliphatic rings. The molecule has 1 fully saturated rings. The summed E-state index contributed by atoms with van der Waals surface area (Å²) in [5.74, 6) is -1.04. The third kappa shape index (κ3) is 4.83. The molecular weight excluding hydrogens is 377 g/mol. The molecule has 24 heavy (non-hydrogen) atoms. The summed E-state index contributed by atoms with van der Waals surface area (Å²) >= 11 is 11.8. The van der Waals surface area contributed by atoms with E-state index in [0.717, 1.165) is 19.3 Å². The molecule has 6 nitrogen and oxygen atoms in total. The maximum Gasteiger partial charge on any atom is 0.329 e. The van der Waals surface area contributed by atoms with Gasteiger partial charge in [-0.1, -0.05) is 29.6 Å². The average molecular weight is 396 g/mol. The lowest BCUT2D eigenvalue weighted by atomic mass is 10.0. The van der Waals surface area contributed by atoms with Gasteiger partial charge < -0.3 is 9.84 Å². The summed E-state index contributed by atoms with van der Waals surface area (Å²) in [6.45, 7) is 0.239. The van der Waals surface area contributed by atoms with Gasteiger partial charge >= 0.3 is 5.97 Å². The molecule has 2 rings (SSSR count). The number of rotatable bonds is 7. The van der Waals surface area contributed by atoms with E-state index in [1.807, 2.05) is 0 Å². The highest BCUT2D eigenvalue weighted by molar-refractivity contribution is 7.89. The highest BCUT2D eigenvalue weighted by Gasteiger charge is 2.33. The predicted octanol–water partition coefficient (Wildman–Crippen LogP) is 3.03. The van der Waals surface area contributed by atoms with E-state index in [1.165, 1.54) is 22.5 Å². The van der Waals surface area contributed by atoms with Crippen LogP contribution >= 0.6 is 23.2 Å². The lowest BCUT2D eigenvalue weighted by Gasteiger charge is -2.34. The molecular formula is C15H19Cl2NO5S. The Morgan fingerprint density at radius 1 is 1.29 bits per heavy atom. The fourth-order valence-corrected chi connectivity index (χ4v) is 4.84. The zero-order chi connectivity index (χ0) is 17.7. The fraction of sp³-hybridized carbons (Fsp3) is 0.533. The van der Waals surface area contributed by atoms with Crippen LogP contribution in [0.4, 0.5) is 0 Å². The molecule has 1 atom stereocenters. The van der Waals surface area contributed by atoms with E-state index < -0.39 is 16.0 Å². The molecule has 1 saturated heterocycles. The zero-order valence-electron chi connectivity index (χ0n) is 13.0. The number of ether oxygens (including phenoxy) is 1. The third-order valence-electron chi connectivity index (χ3n) is 3.89. The van der Waals surface area contributed by atoms with E-state index >= 15 is 0 Å². The van der Waals surface area contributed by atoms with Gasteiger partial charge in [0, 0.05) is 19.2 Å². The number of hydrogen-bond donors (Lipinski definition) is 1. The van der Waals surface area contributed by atoms with Crippen LogP contribution in [0.25, 0.3) is 0 Å². The molecule has 0 aliphatic carbocycles. The Morgan fingerprint density at radius 3 is 2.71 bits per heavy atom. The number of aliphatic carboxylic acids is 1. The van der Waals surface area contributed by atoms with Crippen LogP contribution in [0, 0.1) is 0 Å². The van der Waals surface area contributed by atoms with Crippen LogP contribution in [0.3, 0.4) is 0 Å². The minimum absolute atomic E-state index is 0.107. The summed E-state index contributed by atoms with van der Waals surface area (Å²) in [6, 6.07) is 4.04. The van der Waals surface area contributed by atoms with Crippen LogP contribution < -0.4 is 0 Å². The summed E-state index contributed by atoms with van der Waals surface area (Å²) in [7, 11) is -3.69. The fourth-order valence-electron chi connectivity index (χ4n) is 2.73. The van der Waals surface area contributed by atoms with Crippen LogP contribution in [0.2, 0.25) is 10.0 Å². The van der Waals surface area contributed by atoms with E-state index in [1.54, 1.807) is 0 Å². The van der Waals surface area contributed by atoms with E-state index in [9.17, 15) is 13.2 Å². The second-order valence-electron chi connectivity index (χ2n) is 5.58. The van der Waals surface area contributed by atoms with Crippen molar-refractivity contribution >= 4 is 39.2 Å². The van der Waals surface area contributed by atoms with E-state index in [0.29, 0.717) is 18.0 Å². The second-order valence-corrected chi connectivity index (χ2v) is 8.28. The number of hydrogen-bond acceptors (Lipinski definition) is 4. The molecule has 0 aromatic heterocycles. The lowest BCUT2D eigenvalue weighted by Crippen LogP contribution is -2.44. The summed E-state index contributed by atoms with van der Waals surface area (Å²) in [5.41, 5.74) is 0. The van der Waals surface area contributed by atoms with Crippen molar-refractivity contribution in [2.45, 2.75) is 36.6 Å². The van der Waals surface area contributed by atoms with Crippen molar-refractivity contribution in [3.63, 3.8) is 0 Å². The lowest BCUT2D eigenvalue weighted by molar-refractivity contribution is -0.142. The van der Waals surface area contributed by atoms with Gasteiger partial charge in [0.05, 0.1) is 14.9 Å². The number of benzene rings is 1. The van der Waals surface area contributed by atoms with Gasteiger partial charge in [-0.15, -0.1) is 0 Å². The molecule has 1 heterocycles. The SMILES string of the molecule is O=C(O)COCCC1CCCCN1S(=O)(=O)c1ccc(Cl)c(Cl)c1. The van der Waals surface area contributed by atoms with Gasteiger partial charge in [-0.05, 0) is 37.5 Å². The number of carboxylic acid groups (broad SMARTS) is 1. The summed E-state index contributed by atoms with van der Waals surface area (Å²) in [6.07, 6.45) is 2.88. The molecule has 1 aromatic rings. The van der Waals surface area contributed by atoms with Crippen molar-refractivity contribution in [2.24, 2.45) is 0 Å². The number of sulfonamides is 1. The maximum atomic E-state index is 12.9. The molecule has 0 saturated carbocycles. The van der Waals surface area contributed by atoms with Gasteiger partial charge in [0.15, 0.2) is 0 Å². The zero-order valence-corrected chi connectivity index (χ0v) is 15.3. The largest absolute Gasteiger partial charge is 0.480 e. The van der Waals surface area contributed by atoms with Crippen molar-refractivity contribution in [3.05, 3.63) is 28.2 Å². The molecule has 9 heteroatoms. The standard InChI is InChI=1S/C15H19Cl2NO5S/c16-13-5-4-12(9-14(13)17)24(21,22)18-7-2-1-3-11(18)6-8-23-10-15(19)20/h4-5,9,11H,1-3,6-8,10H2,(H,19,20). The summed E-state index contributed by atoms with van der Waals surface area (Å²) in [4.78, 5) is 10.6. The molecule has 0 amide bonds. The molecule has 0 radical (unpaired) electrons. The van der Waals surface area contributed by atoms with Crippen LogP contribution in [0.1, 0.15) is 25.7 Å². The molecule has 0 bridgehead atoms. The molecule has 134 valence electrons. The first kappa shape index (κ1) is 19.5. The number of halogens is 2. The van der Waals surface area contributed by atoms with Gasteiger partial charge in [-0.2, -0.15) is 4.31 Å². The van der Waals surface area contributed by atoms with Crippen molar-refractivity contribution < 1.29 is 23.1 Å². The summed E-state index contributed by atoms with van der Waals surface area (Å²) < 4.78 is 32.3. The van der Waals surface area contributed by atoms with Crippen molar-refractivity contribution in [2.75, 3.05) is 19.8 Å². The Hall–Kier alpha value is -0.860. The van der Waals surface area contributed by atoms with Crippen molar-refractivity contribution in [1.29, 1.82) is 0 Å². The van der Waals surface area contributed by atoms with Crippen LogP contribution in [-0.4, -0.2) is 49.6 Å². The first-order valence-electron chi connectivity index (χ1n) is 7.59. The first-order valence-corrected chi connectivity index (χ1v) is 9.78. The summed E-state index contributed by atoms with van der Waals surface area (Å²) in [5, 5.41) is 9.06. The Kier molecular flexibility index (Phi) is 6.88. The van der Waals surface area contributed by atoms with Gasteiger partial charge in [0.25, 0.3) is 0 Å². The van der Waals surface area contributed by atoms with E-state index in [2.05, 4.69) is 0 Å². The number of nitrogens with zero attached hydrogens (tertiary/aromatic N) is 1. The van der Waals surface area contributed by atoms with Crippen molar-refractivity contribution in [1.82, 2.24) is 4.31 Å². The monoisotopic (exact) mass is 395 g/mol. The normalized spacial score (nSPS) is 19.3. The third-order valence-corrected chi connectivity index (χ3v) is 6.58.